The number of nitro groups is 1. The summed E-state index contributed by atoms with van der Waals surface area (Å²) in [6.07, 6.45) is 1.59. The van der Waals surface area contributed by atoms with Crippen LogP contribution in [0.2, 0.25) is 0 Å². The number of thioether (sulfide) groups is 1. The Labute approximate surface area is 175 Å². The fraction of sp³-hybridized carbons (Fsp3) is 0.105. The molecule has 1 aliphatic heterocycles. The van der Waals surface area contributed by atoms with Gasteiger partial charge in [0.15, 0.2) is 15.8 Å². The van der Waals surface area contributed by atoms with Gasteiger partial charge < -0.3 is 9.47 Å². The monoisotopic (exact) mass is 430 g/mol. The van der Waals surface area contributed by atoms with Crippen LogP contribution < -0.4 is 9.47 Å². The molecule has 148 valence electrons. The normalized spacial score (nSPS) is 15.0. The zero-order valence-electron chi connectivity index (χ0n) is 15.3. The van der Waals surface area contributed by atoms with Gasteiger partial charge in [-0.3, -0.25) is 19.7 Å². The van der Waals surface area contributed by atoms with Crippen molar-refractivity contribution in [1.82, 2.24) is 4.90 Å². The molecule has 1 fully saturated rings. The fourth-order valence-corrected chi connectivity index (χ4v) is 3.87. The van der Waals surface area contributed by atoms with Gasteiger partial charge in [-0.2, -0.15) is 0 Å². The van der Waals surface area contributed by atoms with Crippen LogP contribution in [0.3, 0.4) is 0 Å². The van der Waals surface area contributed by atoms with Crippen LogP contribution in [0.4, 0.5) is 5.69 Å². The molecule has 8 nitrogen and oxygen atoms in total. The van der Waals surface area contributed by atoms with Gasteiger partial charge in [0.2, 0.25) is 0 Å². The standard InChI is InChI=1S/C19H14N2O6S2/c1-26-14-7-6-11(8-15(14)27-2)9-16-18(23)20(19(28)29-16)17(22)12-4-3-5-13(10-12)21(24)25/h3-10H,1-2H3. The van der Waals surface area contributed by atoms with Gasteiger partial charge in [0.05, 0.1) is 24.0 Å². The summed E-state index contributed by atoms with van der Waals surface area (Å²) in [6.45, 7) is 0. The lowest BCUT2D eigenvalue weighted by atomic mass is 10.1. The molecule has 0 bridgehead atoms. The average molecular weight is 430 g/mol. The number of rotatable bonds is 5. The number of benzene rings is 2. The Balaban J connectivity index is 1.90. The van der Waals surface area contributed by atoms with Crippen LogP contribution in [0.1, 0.15) is 15.9 Å². The first-order valence-electron chi connectivity index (χ1n) is 8.14. The van der Waals surface area contributed by atoms with E-state index in [1.165, 1.54) is 32.4 Å². The summed E-state index contributed by atoms with van der Waals surface area (Å²) in [6, 6.07) is 10.3. The number of thiocarbonyl (C=S) groups is 1. The summed E-state index contributed by atoms with van der Waals surface area (Å²) in [5.41, 5.74) is 0.413. The summed E-state index contributed by atoms with van der Waals surface area (Å²) in [5, 5.41) is 10.9. The molecule has 1 heterocycles. The van der Waals surface area contributed by atoms with E-state index in [0.717, 1.165) is 22.7 Å². The zero-order valence-corrected chi connectivity index (χ0v) is 16.9. The van der Waals surface area contributed by atoms with Crippen LogP contribution in [0.15, 0.2) is 47.4 Å². The van der Waals surface area contributed by atoms with Gasteiger partial charge in [0.1, 0.15) is 0 Å². The number of imide groups is 1. The van der Waals surface area contributed by atoms with Crippen molar-refractivity contribution in [2.24, 2.45) is 0 Å². The molecule has 0 atom stereocenters. The molecule has 10 heteroatoms. The second-order valence-corrected chi connectivity index (χ2v) is 7.42. The molecule has 2 aromatic carbocycles. The maximum Gasteiger partial charge on any atom is 0.273 e. The highest BCUT2D eigenvalue weighted by atomic mass is 32.2. The Kier molecular flexibility index (Phi) is 5.95. The highest BCUT2D eigenvalue weighted by Crippen LogP contribution is 2.35. The van der Waals surface area contributed by atoms with E-state index in [0.29, 0.717) is 17.1 Å². The molecule has 0 radical (unpaired) electrons. The van der Waals surface area contributed by atoms with Crippen molar-refractivity contribution in [3.63, 3.8) is 0 Å². The minimum absolute atomic E-state index is 0.00265. The predicted molar refractivity (Wildman–Crippen MR) is 112 cm³/mol. The molecular weight excluding hydrogens is 416 g/mol. The highest BCUT2D eigenvalue weighted by molar-refractivity contribution is 8.26. The number of non-ortho nitro benzene ring substituents is 1. The quantitative estimate of drug-likeness (QED) is 0.233. The smallest absolute Gasteiger partial charge is 0.273 e. The zero-order chi connectivity index (χ0) is 21.1. The number of amides is 2. The number of methoxy groups -OCH3 is 2. The molecular formula is C19H14N2O6S2. The average Bonchev–Trinajstić information content (AvgIpc) is 3.00. The summed E-state index contributed by atoms with van der Waals surface area (Å²) >= 11 is 6.16. The molecule has 0 N–H and O–H groups in total. The summed E-state index contributed by atoms with van der Waals surface area (Å²) in [5.74, 6) is -0.277. The topological polar surface area (TPSA) is 99.0 Å². The van der Waals surface area contributed by atoms with Gasteiger partial charge in [-0.25, -0.2) is 4.90 Å². The Morgan fingerprint density at radius 2 is 1.90 bits per heavy atom. The fourth-order valence-electron chi connectivity index (χ4n) is 2.62. The number of hydrogen-bond donors (Lipinski definition) is 0. The van der Waals surface area contributed by atoms with Gasteiger partial charge in [0, 0.05) is 17.7 Å². The molecule has 1 saturated heterocycles. The first-order valence-corrected chi connectivity index (χ1v) is 9.37. The highest BCUT2D eigenvalue weighted by Gasteiger charge is 2.37. The number of carbonyl (C=O) groups excluding carboxylic acids is 2. The molecule has 0 saturated carbocycles. The van der Waals surface area contributed by atoms with E-state index in [1.54, 1.807) is 24.3 Å². The SMILES string of the molecule is COc1ccc(C=C2SC(=S)N(C(=O)c3cccc([N+](=O)[O-])c3)C2=O)cc1OC. The van der Waals surface area contributed by atoms with E-state index >= 15 is 0 Å². The third kappa shape index (κ3) is 4.13. The van der Waals surface area contributed by atoms with Crippen molar-refractivity contribution in [2.45, 2.75) is 0 Å². The summed E-state index contributed by atoms with van der Waals surface area (Å²) < 4.78 is 10.5. The lowest BCUT2D eigenvalue weighted by Crippen LogP contribution is -2.34. The van der Waals surface area contributed by atoms with Crippen molar-refractivity contribution >= 4 is 51.9 Å². The van der Waals surface area contributed by atoms with Gasteiger partial charge in [-0.1, -0.05) is 36.1 Å². The Hall–Kier alpha value is -3.24. The lowest BCUT2D eigenvalue weighted by molar-refractivity contribution is -0.384. The van der Waals surface area contributed by atoms with Gasteiger partial charge in [0.25, 0.3) is 17.5 Å². The maximum absolute atomic E-state index is 12.8. The molecule has 2 amide bonds. The van der Waals surface area contributed by atoms with Crippen molar-refractivity contribution in [2.75, 3.05) is 14.2 Å². The number of carbonyl (C=O) groups is 2. The summed E-state index contributed by atoms with van der Waals surface area (Å²) in [4.78, 5) is 36.9. The molecule has 0 unspecified atom stereocenters. The van der Waals surface area contributed by atoms with Crippen LogP contribution in [0.5, 0.6) is 11.5 Å². The van der Waals surface area contributed by atoms with Crippen LogP contribution >= 0.6 is 24.0 Å². The van der Waals surface area contributed by atoms with E-state index in [-0.39, 0.29) is 20.5 Å². The van der Waals surface area contributed by atoms with E-state index < -0.39 is 16.7 Å². The van der Waals surface area contributed by atoms with Gasteiger partial charge >= 0.3 is 0 Å². The molecule has 29 heavy (non-hydrogen) atoms. The largest absolute Gasteiger partial charge is 0.493 e. The van der Waals surface area contributed by atoms with Crippen molar-refractivity contribution in [3.05, 3.63) is 68.6 Å². The number of nitrogens with zero attached hydrogens (tertiary/aromatic N) is 2. The van der Waals surface area contributed by atoms with Crippen LogP contribution in [0, 0.1) is 10.1 Å². The molecule has 0 spiro atoms. The minimum atomic E-state index is -0.716. The molecule has 0 aliphatic carbocycles. The van der Waals surface area contributed by atoms with Crippen molar-refractivity contribution in [1.29, 1.82) is 0 Å². The minimum Gasteiger partial charge on any atom is -0.493 e. The van der Waals surface area contributed by atoms with Crippen molar-refractivity contribution < 1.29 is 24.0 Å². The Morgan fingerprint density at radius 3 is 2.55 bits per heavy atom. The van der Waals surface area contributed by atoms with Gasteiger partial charge in [-0.15, -0.1) is 0 Å². The lowest BCUT2D eigenvalue weighted by Gasteiger charge is -2.12. The Morgan fingerprint density at radius 1 is 1.17 bits per heavy atom. The number of ether oxygens (including phenoxy) is 2. The first-order chi connectivity index (χ1) is 13.8. The molecule has 2 aromatic rings. The van der Waals surface area contributed by atoms with E-state index in [9.17, 15) is 19.7 Å². The third-order valence-corrected chi connectivity index (χ3v) is 5.31. The Bertz CT molecular complexity index is 1070. The second kappa shape index (κ2) is 8.41. The van der Waals surface area contributed by atoms with E-state index in [4.69, 9.17) is 21.7 Å². The molecule has 3 rings (SSSR count). The third-order valence-electron chi connectivity index (χ3n) is 4.01. The number of nitro benzene ring substituents is 1. The van der Waals surface area contributed by atoms with E-state index in [2.05, 4.69) is 0 Å². The molecule has 1 aliphatic rings. The summed E-state index contributed by atoms with van der Waals surface area (Å²) in [7, 11) is 3.01. The molecule has 0 aromatic heterocycles. The van der Waals surface area contributed by atoms with Crippen LogP contribution in [-0.4, -0.2) is 40.2 Å². The maximum atomic E-state index is 12.8. The predicted octanol–water partition coefficient (Wildman–Crippen LogP) is 3.65. The second-order valence-electron chi connectivity index (χ2n) is 5.74. The number of hydrogen-bond acceptors (Lipinski definition) is 8. The van der Waals surface area contributed by atoms with E-state index in [1.807, 2.05) is 0 Å². The van der Waals surface area contributed by atoms with Gasteiger partial charge in [-0.05, 0) is 29.8 Å². The van der Waals surface area contributed by atoms with Crippen molar-refractivity contribution in [3.8, 4) is 11.5 Å². The first kappa shape index (κ1) is 20.5. The van der Waals surface area contributed by atoms with Crippen LogP contribution in [0.25, 0.3) is 6.08 Å². The van der Waals surface area contributed by atoms with Crippen LogP contribution in [-0.2, 0) is 4.79 Å².